The fourth-order valence-corrected chi connectivity index (χ4v) is 5.74. The summed E-state index contributed by atoms with van der Waals surface area (Å²) in [5, 5.41) is 19.2. The molecule has 0 spiro atoms. The first-order valence-corrected chi connectivity index (χ1v) is 14.2. The lowest BCUT2D eigenvalue weighted by atomic mass is 9.96. The van der Waals surface area contributed by atoms with Gasteiger partial charge in [0.25, 0.3) is 0 Å². The Morgan fingerprint density at radius 1 is 1.12 bits per heavy atom. The molecule has 0 radical (unpaired) electrons. The van der Waals surface area contributed by atoms with Crippen molar-refractivity contribution in [3.63, 3.8) is 0 Å². The second kappa shape index (κ2) is 9.59. The number of aromatic hydroxyl groups is 1. The van der Waals surface area contributed by atoms with Crippen LogP contribution in [-0.2, 0) is 34.0 Å². The summed E-state index contributed by atoms with van der Waals surface area (Å²) in [6.45, 7) is 2.54. The molecule has 4 aromatic rings. The third kappa shape index (κ3) is 4.62. The van der Waals surface area contributed by atoms with E-state index in [1.54, 1.807) is 11.0 Å². The molecule has 0 saturated heterocycles. The van der Waals surface area contributed by atoms with E-state index < -0.39 is 27.2 Å². The number of aryl methyl sites for hydroxylation is 1. The molecule has 2 aromatic heterocycles. The number of amides is 1. The van der Waals surface area contributed by atoms with Gasteiger partial charge in [-0.15, -0.1) is 0 Å². The standard InChI is InChI=1S/C27H24F2N6O4S/c1-2-15-11-23(36)18(28)12-17(15)16-9-19(29)25-21(10-16)32-33-26(25)27-30-20-3-4-35(13-22(20)31-27)24(37)14-34-5-7-40(38,39)8-6-34/h5-12,36H,2-4,13-14H2,1H3,(H,30,31)(H,32,33). The molecule has 0 aliphatic carbocycles. The molecular weight excluding hydrogens is 542 g/mol. The van der Waals surface area contributed by atoms with Gasteiger partial charge in [0, 0.05) is 25.4 Å². The van der Waals surface area contributed by atoms with Crippen LogP contribution >= 0.6 is 0 Å². The molecular formula is C27H24F2N6O4S. The molecule has 4 heterocycles. The normalized spacial score (nSPS) is 16.1. The van der Waals surface area contributed by atoms with Crippen molar-refractivity contribution in [2.45, 2.75) is 26.3 Å². The number of nitrogens with zero attached hydrogens (tertiary/aromatic N) is 4. The first-order valence-electron chi connectivity index (χ1n) is 12.5. The van der Waals surface area contributed by atoms with Crippen LogP contribution in [0.3, 0.4) is 0 Å². The van der Waals surface area contributed by atoms with E-state index in [1.165, 1.54) is 35.5 Å². The lowest BCUT2D eigenvalue weighted by molar-refractivity contribution is -0.132. The fraction of sp³-hybridized carbons (Fsp3) is 0.222. The molecule has 0 atom stereocenters. The number of sulfone groups is 1. The second-order valence-electron chi connectivity index (χ2n) is 9.67. The largest absolute Gasteiger partial charge is 0.505 e. The first-order chi connectivity index (χ1) is 19.1. The second-order valence-corrected chi connectivity index (χ2v) is 11.4. The molecule has 13 heteroatoms. The van der Waals surface area contributed by atoms with E-state index in [1.807, 2.05) is 6.92 Å². The quantitative estimate of drug-likeness (QED) is 0.335. The van der Waals surface area contributed by atoms with Crippen molar-refractivity contribution in [3.8, 4) is 28.4 Å². The lowest BCUT2D eigenvalue weighted by Gasteiger charge is -2.28. The minimum Gasteiger partial charge on any atom is -0.505 e. The number of hydrogen-bond acceptors (Lipinski definition) is 7. The van der Waals surface area contributed by atoms with Gasteiger partial charge in [-0.25, -0.2) is 22.2 Å². The van der Waals surface area contributed by atoms with E-state index in [4.69, 9.17) is 0 Å². The van der Waals surface area contributed by atoms with E-state index in [0.29, 0.717) is 53.1 Å². The van der Waals surface area contributed by atoms with Gasteiger partial charge in [-0.1, -0.05) is 6.92 Å². The van der Waals surface area contributed by atoms with Gasteiger partial charge in [0.1, 0.15) is 18.1 Å². The van der Waals surface area contributed by atoms with E-state index in [2.05, 4.69) is 20.2 Å². The number of nitrogens with one attached hydrogen (secondary N) is 2. The molecule has 206 valence electrons. The maximum absolute atomic E-state index is 15.5. The summed E-state index contributed by atoms with van der Waals surface area (Å²) in [6.07, 6.45) is 3.70. The molecule has 3 N–H and O–H groups in total. The average Bonchev–Trinajstić information content (AvgIpc) is 3.55. The summed E-state index contributed by atoms with van der Waals surface area (Å²) in [7, 11) is -3.38. The molecule has 40 heavy (non-hydrogen) atoms. The number of halogens is 2. The van der Waals surface area contributed by atoms with Crippen LogP contribution in [0.15, 0.2) is 47.5 Å². The third-order valence-electron chi connectivity index (χ3n) is 7.09. The van der Waals surface area contributed by atoms with Crippen molar-refractivity contribution in [2.24, 2.45) is 0 Å². The number of phenols is 1. The molecule has 6 rings (SSSR count). The molecule has 10 nitrogen and oxygen atoms in total. The van der Waals surface area contributed by atoms with Gasteiger partial charge < -0.3 is 19.9 Å². The Balaban J connectivity index is 1.26. The number of benzene rings is 2. The van der Waals surface area contributed by atoms with Gasteiger partial charge in [0.15, 0.2) is 27.2 Å². The molecule has 0 unspecified atom stereocenters. The zero-order valence-corrected chi connectivity index (χ0v) is 22.1. The predicted octanol–water partition coefficient (Wildman–Crippen LogP) is 3.72. The smallest absolute Gasteiger partial charge is 0.242 e. The molecule has 0 saturated carbocycles. The number of phenolic OH excluding ortho intramolecular Hbond substituents is 1. The SMILES string of the molecule is CCc1cc(O)c(F)cc1-c1cc(F)c2c(-c3nc4c([nH]3)CN(C(=O)CN3C=CS(=O)(=O)C=C3)CC4)n[nH]c2c1. The molecule has 2 aromatic carbocycles. The van der Waals surface area contributed by atoms with Gasteiger partial charge in [-0.2, -0.15) is 5.10 Å². The van der Waals surface area contributed by atoms with Crippen LogP contribution in [0.1, 0.15) is 23.9 Å². The molecule has 1 amide bonds. The molecule has 0 bridgehead atoms. The summed E-state index contributed by atoms with van der Waals surface area (Å²) in [5.74, 6) is -1.64. The Kier molecular flexibility index (Phi) is 6.17. The lowest BCUT2D eigenvalue weighted by Crippen LogP contribution is -2.40. The van der Waals surface area contributed by atoms with Crippen LogP contribution in [0, 0.1) is 11.6 Å². The minimum atomic E-state index is -3.38. The Morgan fingerprint density at radius 2 is 1.90 bits per heavy atom. The van der Waals surface area contributed by atoms with Gasteiger partial charge in [-0.3, -0.25) is 9.89 Å². The first kappa shape index (κ1) is 25.7. The zero-order chi connectivity index (χ0) is 28.2. The topological polar surface area (TPSA) is 135 Å². The highest BCUT2D eigenvalue weighted by Crippen LogP contribution is 2.35. The van der Waals surface area contributed by atoms with Crippen molar-refractivity contribution in [1.29, 1.82) is 0 Å². The van der Waals surface area contributed by atoms with Crippen LogP contribution in [-0.4, -0.2) is 62.5 Å². The molecule has 0 fully saturated rings. The molecule has 2 aliphatic heterocycles. The van der Waals surface area contributed by atoms with E-state index >= 15 is 4.39 Å². The number of fused-ring (bicyclic) bond motifs is 2. The van der Waals surface area contributed by atoms with Gasteiger partial charge in [0.05, 0.1) is 39.7 Å². The molecule has 2 aliphatic rings. The highest BCUT2D eigenvalue weighted by atomic mass is 32.2. The number of aromatic amines is 2. The maximum atomic E-state index is 15.5. The fourth-order valence-electron chi connectivity index (χ4n) is 5.00. The number of H-pyrrole nitrogens is 2. The van der Waals surface area contributed by atoms with Crippen molar-refractivity contribution < 1.29 is 27.1 Å². The highest BCUT2D eigenvalue weighted by Gasteiger charge is 2.27. The van der Waals surface area contributed by atoms with Crippen LogP contribution in [0.2, 0.25) is 0 Å². The third-order valence-corrected chi connectivity index (χ3v) is 8.09. The number of carbonyl (C=O) groups excluding carboxylic acids is 1. The number of rotatable bonds is 5. The summed E-state index contributed by atoms with van der Waals surface area (Å²) < 4.78 is 52.6. The van der Waals surface area contributed by atoms with E-state index in [9.17, 15) is 22.7 Å². The number of carbonyl (C=O) groups is 1. The monoisotopic (exact) mass is 566 g/mol. The number of aromatic nitrogens is 4. The minimum absolute atomic E-state index is 0.0128. The van der Waals surface area contributed by atoms with E-state index in [0.717, 1.165) is 16.5 Å². The summed E-state index contributed by atoms with van der Waals surface area (Å²) in [5.41, 5.74) is 3.74. The summed E-state index contributed by atoms with van der Waals surface area (Å²) in [6, 6.07) is 5.53. The Hall–Kier alpha value is -4.52. The predicted molar refractivity (Wildman–Crippen MR) is 143 cm³/mol. The van der Waals surface area contributed by atoms with E-state index in [-0.39, 0.29) is 30.1 Å². The van der Waals surface area contributed by atoms with Gasteiger partial charge >= 0.3 is 0 Å². The zero-order valence-electron chi connectivity index (χ0n) is 21.3. The van der Waals surface area contributed by atoms with Crippen LogP contribution in [0.4, 0.5) is 8.78 Å². The van der Waals surface area contributed by atoms with Gasteiger partial charge in [0.2, 0.25) is 5.91 Å². The van der Waals surface area contributed by atoms with Crippen LogP contribution in [0.25, 0.3) is 33.5 Å². The van der Waals surface area contributed by atoms with Crippen LogP contribution < -0.4 is 0 Å². The van der Waals surface area contributed by atoms with Crippen molar-refractivity contribution in [1.82, 2.24) is 30.0 Å². The van der Waals surface area contributed by atoms with Crippen molar-refractivity contribution in [2.75, 3.05) is 13.1 Å². The summed E-state index contributed by atoms with van der Waals surface area (Å²) >= 11 is 0. The average molecular weight is 567 g/mol. The maximum Gasteiger partial charge on any atom is 0.242 e. The Bertz CT molecular complexity index is 1820. The van der Waals surface area contributed by atoms with Crippen LogP contribution in [0.5, 0.6) is 5.75 Å². The number of imidazole rings is 1. The Morgan fingerprint density at radius 3 is 2.65 bits per heavy atom. The Labute approximate surface area is 227 Å². The number of hydrogen-bond donors (Lipinski definition) is 3. The highest BCUT2D eigenvalue weighted by molar-refractivity contribution is 7.97. The van der Waals surface area contributed by atoms with Gasteiger partial charge in [-0.05, 0) is 47.4 Å². The van der Waals surface area contributed by atoms with Crippen molar-refractivity contribution >= 4 is 26.6 Å². The summed E-state index contributed by atoms with van der Waals surface area (Å²) in [4.78, 5) is 23.8. The van der Waals surface area contributed by atoms with Crippen molar-refractivity contribution in [3.05, 3.63) is 76.1 Å².